The van der Waals surface area contributed by atoms with E-state index < -0.39 is 22.0 Å². The van der Waals surface area contributed by atoms with Crippen LogP contribution in [0.1, 0.15) is 0 Å². The van der Waals surface area contributed by atoms with Crippen molar-refractivity contribution in [3.63, 3.8) is 0 Å². The molecule has 2 heterocycles. The molecule has 0 bridgehead atoms. The molecule has 1 N–H and O–H groups in total. The van der Waals surface area contributed by atoms with Gasteiger partial charge in [0.15, 0.2) is 10.7 Å². The summed E-state index contributed by atoms with van der Waals surface area (Å²) < 4.78 is 32.2. The number of rotatable bonds is 6. The molecule has 0 aliphatic rings. The zero-order valence-corrected chi connectivity index (χ0v) is 12.2. The van der Waals surface area contributed by atoms with Crippen LogP contribution < -0.4 is 4.68 Å². The maximum absolute atomic E-state index is 11.2. The van der Waals surface area contributed by atoms with E-state index in [9.17, 15) is 13.5 Å². The molecule has 1 atom stereocenters. The molecule has 10 heteroatoms. The maximum atomic E-state index is 11.2. The molecule has 0 aliphatic carbocycles. The average Bonchev–Trinajstić information content (AvgIpc) is 2.87. The third kappa shape index (κ3) is 4.00. The minimum Gasteiger partial charge on any atom is -0.385 e. The SMILES string of the molecule is COS(=O)(=O)CC(O)C[n+]1cc(-c2ncccn2)sn1. The largest absolute Gasteiger partial charge is 0.385 e. The molecule has 2 rings (SSSR count). The Kier molecular flexibility index (Phi) is 4.70. The molecule has 108 valence electrons. The van der Waals surface area contributed by atoms with E-state index in [1.807, 2.05) is 0 Å². The Morgan fingerprint density at radius 1 is 1.45 bits per heavy atom. The van der Waals surface area contributed by atoms with Crippen molar-refractivity contribution in [3.05, 3.63) is 24.7 Å². The average molecular weight is 317 g/mol. The van der Waals surface area contributed by atoms with E-state index in [-0.39, 0.29) is 6.54 Å². The minimum atomic E-state index is -3.70. The molecule has 0 saturated carbocycles. The van der Waals surface area contributed by atoms with Gasteiger partial charge in [0.05, 0.1) is 11.6 Å². The summed E-state index contributed by atoms with van der Waals surface area (Å²) in [5, 5.41) is 9.70. The van der Waals surface area contributed by atoms with Crippen LogP contribution in [0.15, 0.2) is 24.7 Å². The van der Waals surface area contributed by atoms with Crippen LogP contribution in [-0.4, -0.2) is 46.9 Å². The van der Waals surface area contributed by atoms with E-state index in [0.29, 0.717) is 5.82 Å². The molecule has 0 spiro atoms. The number of aliphatic hydroxyl groups is 1. The molecular formula is C10H13N4O4S2+. The Hall–Kier alpha value is -1.49. The van der Waals surface area contributed by atoms with E-state index in [1.54, 1.807) is 24.7 Å². The van der Waals surface area contributed by atoms with Gasteiger partial charge in [-0.2, -0.15) is 8.42 Å². The molecule has 20 heavy (non-hydrogen) atoms. The Balaban J connectivity index is 2.03. The van der Waals surface area contributed by atoms with Crippen LogP contribution >= 0.6 is 11.5 Å². The van der Waals surface area contributed by atoms with Crippen molar-refractivity contribution in [1.29, 1.82) is 0 Å². The summed E-state index contributed by atoms with van der Waals surface area (Å²) >= 11 is 1.16. The summed E-state index contributed by atoms with van der Waals surface area (Å²) in [4.78, 5) is 8.89. The lowest BCUT2D eigenvalue weighted by atomic mass is 10.4. The van der Waals surface area contributed by atoms with Gasteiger partial charge in [0.25, 0.3) is 10.1 Å². The Bertz CT molecular complexity index is 659. The monoisotopic (exact) mass is 317 g/mol. The van der Waals surface area contributed by atoms with Crippen LogP contribution in [0.25, 0.3) is 10.7 Å². The predicted molar refractivity (Wildman–Crippen MR) is 70.1 cm³/mol. The van der Waals surface area contributed by atoms with Crippen molar-refractivity contribution in [3.8, 4) is 10.7 Å². The molecule has 0 aliphatic heterocycles. The van der Waals surface area contributed by atoms with Crippen molar-refractivity contribution < 1.29 is 22.4 Å². The highest BCUT2D eigenvalue weighted by molar-refractivity contribution is 7.86. The molecule has 8 nitrogen and oxygen atoms in total. The zero-order chi connectivity index (χ0) is 14.6. The van der Waals surface area contributed by atoms with Gasteiger partial charge < -0.3 is 5.11 Å². The van der Waals surface area contributed by atoms with Gasteiger partial charge in [0.1, 0.15) is 11.9 Å². The second-order valence-corrected chi connectivity index (χ2v) is 6.47. The van der Waals surface area contributed by atoms with E-state index in [2.05, 4.69) is 18.6 Å². The van der Waals surface area contributed by atoms with Crippen LogP contribution in [0.5, 0.6) is 0 Å². The van der Waals surface area contributed by atoms with E-state index >= 15 is 0 Å². The fraction of sp³-hybridized carbons (Fsp3) is 0.400. The van der Waals surface area contributed by atoms with Crippen molar-refractivity contribution in [1.82, 2.24) is 14.5 Å². The van der Waals surface area contributed by atoms with Crippen molar-refractivity contribution >= 4 is 21.7 Å². The zero-order valence-electron chi connectivity index (χ0n) is 10.6. The molecule has 2 aromatic heterocycles. The lowest BCUT2D eigenvalue weighted by Crippen LogP contribution is -2.43. The van der Waals surface area contributed by atoms with Crippen molar-refractivity contribution in [2.24, 2.45) is 0 Å². The predicted octanol–water partition coefficient (Wildman–Crippen LogP) is -0.775. The fourth-order valence-electron chi connectivity index (χ4n) is 1.46. The third-order valence-electron chi connectivity index (χ3n) is 2.34. The Labute approximate surface area is 120 Å². The smallest absolute Gasteiger partial charge is 0.269 e. The van der Waals surface area contributed by atoms with Crippen LogP contribution in [0.3, 0.4) is 0 Å². The standard InChI is InChI=1S/C10H13N4O4S2/c1-18-20(16,17)7-8(15)5-14-6-9(19-13-14)10-11-3-2-4-12-10/h2-4,6,8,15H,5,7H2,1H3/q+1. The Morgan fingerprint density at radius 3 is 2.80 bits per heavy atom. The molecule has 2 aromatic rings. The van der Waals surface area contributed by atoms with Crippen LogP contribution in [0.4, 0.5) is 0 Å². The number of aromatic nitrogens is 4. The number of aliphatic hydroxyl groups excluding tert-OH is 1. The fourth-order valence-corrected chi connectivity index (χ4v) is 2.84. The van der Waals surface area contributed by atoms with Gasteiger partial charge in [0.2, 0.25) is 12.7 Å². The maximum Gasteiger partial charge on any atom is 0.269 e. The van der Waals surface area contributed by atoms with Crippen LogP contribution in [0.2, 0.25) is 0 Å². The van der Waals surface area contributed by atoms with Gasteiger partial charge in [-0.1, -0.05) is 4.68 Å². The lowest BCUT2D eigenvalue weighted by molar-refractivity contribution is -0.751. The van der Waals surface area contributed by atoms with Crippen LogP contribution in [0, 0.1) is 0 Å². The first-order chi connectivity index (χ1) is 9.50. The summed E-state index contributed by atoms with van der Waals surface area (Å²) in [7, 11) is -2.64. The van der Waals surface area contributed by atoms with Crippen molar-refractivity contribution in [2.45, 2.75) is 12.6 Å². The van der Waals surface area contributed by atoms with E-state index in [1.165, 1.54) is 4.68 Å². The summed E-state index contributed by atoms with van der Waals surface area (Å²) in [5.74, 6) is 0.0494. The molecular weight excluding hydrogens is 304 g/mol. The second kappa shape index (κ2) is 6.31. The summed E-state index contributed by atoms with van der Waals surface area (Å²) in [5.41, 5.74) is 0. The number of hydrogen-bond donors (Lipinski definition) is 1. The molecule has 0 radical (unpaired) electrons. The summed E-state index contributed by atoms with van der Waals surface area (Å²) in [6.45, 7) is 0.0475. The molecule has 0 amide bonds. The third-order valence-corrected chi connectivity index (χ3v) is 4.42. The van der Waals surface area contributed by atoms with Gasteiger partial charge >= 0.3 is 0 Å². The molecule has 0 aromatic carbocycles. The molecule has 0 fully saturated rings. The highest BCUT2D eigenvalue weighted by atomic mass is 32.2. The Morgan fingerprint density at radius 2 is 2.15 bits per heavy atom. The van der Waals surface area contributed by atoms with Gasteiger partial charge in [-0.3, -0.25) is 4.18 Å². The first-order valence-electron chi connectivity index (χ1n) is 5.60. The normalized spacial score (nSPS) is 13.3. The first-order valence-corrected chi connectivity index (χ1v) is 7.95. The van der Waals surface area contributed by atoms with Crippen LogP contribution in [-0.2, 0) is 20.8 Å². The van der Waals surface area contributed by atoms with Gasteiger partial charge in [-0.15, -0.1) is 0 Å². The first kappa shape index (κ1) is 14.9. The number of hydrogen-bond acceptors (Lipinski definition) is 8. The highest BCUT2D eigenvalue weighted by Crippen LogP contribution is 2.14. The lowest BCUT2D eigenvalue weighted by Gasteiger charge is -2.04. The number of nitrogens with zero attached hydrogens (tertiary/aromatic N) is 4. The van der Waals surface area contributed by atoms with E-state index in [0.717, 1.165) is 23.5 Å². The molecule has 1 unspecified atom stereocenters. The summed E-state index contributed by atoms with van der Waals surface area (Å²) in [6.07, 6.45) is 3.79. The minimum absolute atomic E-state index is 0.0475. The van der Waals surface area contributed by atoms with E-state index in [4.69, 9.17) is 0 Å². The van der Waals surface area contributed by atoms with Crippen molar-refractivity contribution in [2.75, 3.05) is 12.9 Å². The second-order valence-electron chi connectivity index (χ2n) is 3.91. The topological polar surface area (TPSA) is 106 Å². The van der Waals surface area contributed by atoms with Gasteiger partial charge in [-0.25, -0.2) is 9.97 Å². The highest BCUT2D eigenvalue weighted by Gasteiger charge is 2.23. The quantitative estimate of drug-likeness (QED) is 0.550. The van der Waals surface area contributed by atoms with Gasteiger partial charge in [0, 0.05) is 23.9 Å². The van der Waals surface area contributed by atoms with Gasteiger partial charge in [-0.05, 0) is 6.07 Å². The molecule has 0 saturated heterocycles. The summed E-state index contributed by atoms with van der Waals surface area (Å²) in [6, 6.07) is 1.71.